The molecule has 0 unspecified atom stereocenters. The molecular weight excluding hydrogens is 352 g/mol. The van der Waals surface area contributed by atoms with E-state index in [9.17, 15) is 4.79 Å². The molecule has 0 aliphatic heterocycles. The van der Waals surface area contributed by atoms with Gasteiger partial charge in [0.25, 0.3) is 5.91 Å². The van der Waals surface area contributed by atoms with Crippen LogP contribution in [0.5, 0.6) is 5.75 Å². The number of hydrogen-bond acceptors (Lipinski definition) is 4. The molecule has 3 aromatic rings. The number of halogens is 1. The van der Waals surface area contributed by atoms with Crippen LogP contribution in [0.3, 0.4) is 0 Å². The van der Waals surface area contributed by atoms with Crippen LogP contribution in [-0.2, 0) is 0 Å². The number of anilines is 1. The van der Waals surface area contributed by atoms with Gasteiger partial charge < -0.3 is 10.1 Å². The molecule has 130 valence electrons. The highest BCUT2D eigenvalue weighted by atomic mass is 35.5. The lowest BCUT2D eigenvalue weighted by Crippen LogP contribution is -2.14. The number of carbonyl (C=O) groups is 1. The number of benzene rings is 2. The van der Waals surface area contributed by atoms with Gasteiger partial charge in [0, 0.05) is 11.2 Å². The Balaban J connectivity index is 1.84. The van der Waals surface area contributed by atoms with Gasteiger partial charge in [-0.15, -0.1) is 0 Å². The Morgan fingerprint density at radius 3 is 2.88 bits per heavy atom. The fourth-order valence-electron chi connectivity index (χ4n) is 2.37. The Labute approximate surface area is 155 Å². The van der Waals surface area contributed by atoms with Crippen molar-refractivity contribution in [3.63, 3.8) is 0 Å². The normalized spacial score (nSPS) is 10.2. The highest BCUT2D eigenvalue weighted by molar-refractivity contribution is 6.30. The molecule has 0 saturated heterocycles. The molecule has 0 fully saturated rings. The van der Waals surface area contributed by atoms with Crippen LogP contribution in [-0.4, -0.2) is 22.3 Å². The molecule has 0 radical (unpaired) electrons. The van der Waals surface area contributed by atoms with E-state index in [2.05, 4.69) is 10.4 Å². The Bertz CT molecular complexity index is 991. The highest BCUT2D eigenvalue weighted by Crippen LogP contribution is 2.26. The first-order valence-electron chi connectivity index (χ1n) is 7.90. The van der Waals surface area contributed by atoms with Gasteiger partial charge in [0.15, 0.2) is 5.69 Å². The standard InChI is InChI=1S/C19H15ClN4O2/c1-2-26-18-7-6-13(12-21)10-17(18)22-19(25)16-8-9-24(23-16)15-5-3-4-14(20)11-15/h3-11H,2H2,1H3,(H,22,25). The number of ether oxygens (including phenoxy) is 1. The summed E-state index contributed by atoms with van der Waals surface area (Å²) < 4.78 is 7.06. The summed E-state index contributed by atoms with van der Waals surface area (Å²) in [4.78, 5) is 12.5. The Kier molecular flexibility index (Phi) is 5.20. The minimum atomic E-state index is -0.401. The van der Waals surface area contributed by atoms with Gasteiger partial charge in [-0.05, 0) is 49.4 Å². The van der Waals surface area contributed by atoms with Crippen LogP contribution in [0.25, 0.3) is 5.69 Å². The monoisotopic (exact) mass is 366 g/mol. The second-order valence-electron chi connectivity index (χ2n) is 5.34. The van der Waals surface area contributed by atoms with E-state index in [1.807, 2.05) is 19.1 Å². The van der Waals surface area contributed by atoms with Gasteiger partial charge in [0.05, 0.1) is 29.6 Å². The minimum absolute atomic E-state index is 0.231. The zero-order valence-corrected chi connectivity index (χ0v) is 14.7. The molecule has 0 bridgehead atoms. The van der Waals surface area contributed by atoms with Crippen molar-refractivity contribution in [1.82, 2.24) is 9.78 Å². The van der Waals surface area contributed by atoms with E-state index in [4.69, 9.17) is 21.6 Å². The number of hydrogen-bond donors (Lipinski definition) is 1. The van der Waals surface area contributed by atoms with Crippen LogP contribution in [0.15, 0.2) is 54.7 Å². The smallest absolute Gasteiger partial charge is 0.276 e. The Hall–Kier alpha value is -3.30. The summed E-state index contributed by atoms with van der Waals surface area (Å²) in [5.41, 5.74) is 1.83. The first kappa shape index (κ1) is 17.5. The predicted octanol–water partition coefficient (Wildman–Crippen LogP) is 4.05. The molecule has 0 aliphatic carbocycles. The third-order valence-corrected chi connectivity index (χ3v) is 3.79. The maximum absolute atomic E-state index is 12.5. The quantitative estimate of drug-likeness (QED) is 0.738. The first-order chi connectivity index (χ1) is 12.6. The molecule has 0 aliphatic rings. The van der Waals surface area contributed by atoms with E-state index >= 15 is 0 Å². The number of rotatable bonds is 5. The summed E-state index contributed by atoms with van der Waals surface area (Å²) in [6.45, 7) is 2.29. The van der Waals surface area contributed by atoms with Crippen molar-refractivity contribution in [2.24, 2.45) is 0 Å². The summed E-state index contributed by atoms with van der Waals surface area (Å²) in [5.74, 6) is 0.0935. The van der Waals surface area contributed by atoms with Gasteiger partial charge in [-0.25, -0.2) is 4.68 Å². The van der Waals surface area contributed by atoms with Gasteiger partial charge in [0.1, 0.15) is 5.75 Å². The lowest BCUT2D eigenvalue weighted by Gasteiger charge is -2.11. The van der Waals surface area contributed by atoms with Crippen LogP contribution in [0.2, 0.25) is 5.02 Å². The summed E-state index contributed by atoms with van der Waals surface area (Å²) in [6.07, 6.45) is 1.68. The molecule has 0 spiro atoms. The molecule has 6 nitrogen and oxygen atoms in total. The van der Waals surface area contributed by atoms with Crippen LogP contribution in [0, 0.1) is 11.3 Å². The third kappa shape index (κ3) is 3.85. The van der Waals surface area contributed by atoms with E-state index in [0.29, 0.717) is 28.6 Å². The van der Waals surface area contributed by atoms with Gasteiger partial charge in [-0.1, -0.05) is 17.7 Å². The second-order valence-corrected chi connectivity index (χ2v) is 5.77. The van der Waals surface area contributed by atoms with Crippen LogP contribution < -0.4 is 10.1 Å². The van der Waals surface area contributed by atoms with E-state index in [1.54, 1.807) is 53.3 Å². The highest BCUT2D eigenvalue weighted by Gasteiger charge is 2.14. The molecule has 1 amide bonds. The average molecular weight is 367 g/mol. The van der Waals surface area contributed by atoms with E-state index in [0.717, 1.165) is 5.69 Å². The van der Waals surface area contributed by atoms with Crippen molar-refractivity contribution in [1.29, 1.82) is 5.26 Å². The zero-order chi connectivity index (χ0) is 18.5. The van der Waals surface area contributed by atoms with Crippen molar-refractivity contribution in [3.8, 4) is 17.5 Å². The Morgan fingerprint density at radius 1 is 1.31 bits per heavy atom. The van der Waals surface area contributed by atoms with E-state index in [1.165, 1.54) is 0 Å². The summed E-state index contributed by atoms with van der Waals surface area (Å²) in [6, 6.07) is 15.7. The number of nitriles is 1. The van der Waals surface area contributed by atoms with Crippen molar-refractivity contribution < 1.29 is 9.53 Å². The van der Waals surface area contributed by atoms with E-state index < -0.39 is 5.91 Å². The lowest BCUT2D eigenvalue weighted by molar-refractivity contribution is 0.102. The SMILES string of the molecule is CCOc1ccc(C#N)cc1NC(=O)c1ccn(-c2cccc(Cl)c2)n1. The molecule has 0 atom stereocenters. The molecular formula is C19H15ClN4O2. The summed E-state index contributed by atoms with van der Waals surface area (Å²) >= 11 is 5.99. The number of nitrogens with zero attached hydrogens (tertiary/aromatic N) is 3. The molecule has 0 saturated carbocycles. The van der Waals surface area contributed by atoms with Crippen molar-refractivity contribution in [2.75, 3.05) is 11.9 Å². The van der Waals surface area contributed by atoms with Gasteiger partial charge in [-0.3, -0.25) is 4.79 Å². The summed E-state index contributed by atoms with van der Waals surface area (Å²) in [7, 11) is 0. The second kappa shape index (κ2) is 7.72. The predicted molar refractivity (Wildman–Crippen MR) is 98.9 cm³/mol. The molecule has 1 aromatic heterocycles. The maximum atomic E-state index is 12.5. The zero-order valence-electron chi connectivity index (χ0n) is 13.9. The summed E-state index contributed by atoms with van der Waals surface area (Å²) in [5, 5.41) is 16.7. The van der Waals surface area contributed by atoms with Crippen molar-refractivity contribution in [2.45, 2.75) is 6.92 Å². The molecule has 1 N–H and O–H groups in total. The molecule has 1 heterocycles. The largest absolute Gasteiger partial charge is 0.492 e. The van der Waals surface area contributed by atoms with Crippen LogP contribution in [0.1, 0.15) is 23.0 Å². The minimum Gasteiger partial charge on any atom is -0.492 e. The molecule has 3 rings (SSSR count). The number of nitrogens with one attached hydrogen (secondary N) is 1. The van der Waals surface area contributed by atoms with Crippen LogP contribution >= 0.6 is 11.6 Å². The number of amides is 1. The number of aromatic nitrogens is 2. The van der Waals surface area contributed by atoms with Gasteiger partial charge >= 0.3 is 0 Å². The van der Waals surface area contributed by atoms with Gasteiger partial charge in [0.2, 0.25) is 0 Å². The Morgan fingerprint density at radius 2 is 2.15 bits per heavy atom. The lowest BCUT2D eigenvalue weighted by atomic mass is 10.2. The first-order valence-corrected chi connectivity index (χ1v) is 8.28. The molecule has 2 aromatic carbocycles. The maximum Gasteiger partial charge on any atom is 0.276 e. The fraction of sp³-hybridized carbons (Fsp3) is 0.105. The number of carbonyl (C=O) groups excluding carboxylic acids is 1. The third-order valence-electron chi connectivity index (χ3n) is 3.55. The van der Waals surface area contributed by atoms with Crippen molar-refractivity contribution in [3.05, 3.63) is 71.0 Å². The van der Waals surface area contributed by atoms with E-state index in [-0.39, 0.29) is 5.69 Å². The topological polar surface area (TPSA) is 79.9 Å². The molecule has 26 heavy (non-hydrogen) atoms. The fourth-order valence-corrected chi connectivity index (χ4v) is 2.56. The van der Waals surface area contributed by atoms with Crippen LogP contribution in [0.4, 0.5) is 5.69 Å². The van der Waals surface area contributed by atoms with Crippen molar-refractivity contribution >= 4 is 23.2 Å². The molecule has 7 heteroatoms. The average Bonchev–Trinajstić information content (AvgIpc) is 3.13. The van der Waals surface area contributed by atoms with Gasteiger partial charge in [-0.2, -0.15) is 10.4 Å².